The molecule has 1 atom stereocenters. The molecule has 0 fully saturated rings. The van der Waals surface area contributed by atoms with Crippen LogP contribution in [0.25, 0.3) is 0 Å². The Morgan fingerprint density at radius 2 is 1.91 bits per heavy atom. The Hall–Kier alpha value is -4.35. The first kappa shape index (κ1) is 25.3. The standard InChI is InChI=1S/C23H23F3N6O3/c1-11(20(25)26)30-19-17(21(28)31-32-23(19)34)18(27)13-5-3-12(4-6-13)10-29-22(33)15-9-14(24)7-8-16(15)35-2/h3-9,11,20,27H,10H2,1-2H3,(H,29,33)(H,32,34)(H3,28,30,31). The van der Waals surface area contributed by atoms with Crippen LogP contribution in [0.3, 0.4) is 0 Å². The van der Waals surface area contributed by atoms with Crippen molar-refractivity contribution in [3.8, 4) is 5.75 Å². The zero-order valence-electron chi connectivity index (χ0n) is 18.8. The smallest absolute Gasteiger partial charge is 0.288 e. The second-order valence-electron chi connectivity index (χ2n) is 7.55. The van der Waals surface area contributed by atoms with Crippen molar-refractivity contribution < 1.29 is 22.7 Å². The van der Waals surface area contributed by atoms with E-state index in [-0.39, 0.29) is 40.6 Å². The van der Waals surface area contributed by atoms with Crippen molar-refractivity contribution in [1.82, 2.24) is 15.5 Å². The van der Waals surface area contributed by atoms with Gasteiger partial charge in [0.1, 0.15) is 17.3 Å². The van der Waals surface area contributed by atoms with Gasteiger partial charge in [-0.1, -0.05) is 24.3 Å². The highest BCUT2D eigenvalue weighted by Crippen LogP contribution is 2.22. The van der Waals surface area contributed by atoms with Crippen molar-refractivity contribution >= 4 is 23.1 Å². The molecule has 1 unspecified atom stereocenters. The minimum Gasteiger partial charge on any atom is -0.496 e. The molecule has 3 rings (SSSR count). The number of H-pyrrole nitrogens is 1. The number of benzene rings is 2. The van der Waals surface area contributed by atoms with Crippen LogP contribution in [0.15, 0.2) is 47.3 Å². The first-order valence-electron chi connectivity index (χ1n) is 10.3. The van der Waals surface area contributed by atoms with Gasteiger partial charge in [-0.3, -0.25) is 15.0 Å². The fraction of sp³-hybridized carbons (Fsp3) is 0.217. The average Bonchev–Trinajstić information content (AvgIpc) is 2.84. The summed E-state index contributed by atoms with van der Waals surface area (Å²) in [5, 5.41) is 19.3. The lowest BCUT2D eigenvalue weighted by atomic mass is 10.0. The van der Waals surface area contributed by atoms with Crippen LogP contribution in [0.1, 0.15) is 34.0 Å². The van der Waals surface area contributed by atoms with Crippen LogP contribution in [0.5, 0.6) is 5.75 Å². The molecule has 184 valence electrons. The van der Waals surface area contributed by atoms with E-state index >= 15 is 0 Å². The molecule has 1 heterocycles. The highest BCUT2D eigenvalue weighted by molar-refractivity contribution is 6.16. The van der Waals surface area contributed by atoms with Gasteiger partial charge in [0.15, 0.2) is 5.82 Å². The van der Waals surface area contributed by atoms with Crippen molar-refractivity contribution in [3.05, 3.63) is 80.9 Å². The molecule has 0 saturated heterocycles. The lowest BCUT2D eigenvalue weighted by Crippen LogP contribution is -2.31. The summed E-state index contributed by atoms with van der Waals surface area (Å²) in [7, 11) is 1.37. The van der Waals surface area contributed by atoms with E-state index in [2.05, 4.69) is 20.8 Å². The summed E-state index contributed by atoms with van der Waals surface area (Å²) in [6.07, 6.45) is -2.76. The van der Waals surface area contributed by atoms with E-state index in [0.717, 1.165) is 6.07 Å². The van der Waals surface area contributed by atoms with Crippen molar-refractivity contribution in [2.24, 2.45) is 0 Å². The van der Waals surface area contributed by atoms with E-state index < -0.39 is 29.8 Å². The van der Waals surface area contributed by atoms with Gasteiger partial charge < -0.3 is 21.1 Å². The van der Waals surface area contributed by atoms with E-state index in [1.54, 1.807) is 24.3 Å². The maximum atomic E-state index is 13.5. The summed E-state index contributed by atoms with van der Waals surface area (Å²) in [6.45, 7) is 1.29. The number of nitrogens with one attached hydrogen (secondary N) is 4. The number of alkyl halides is 2. The molecular formula is C23H23F3N6O3. The molecule has 0 aliphatic heterocycles. The van der Waals surface area contributed by atoms with Crippen molar-refractivity contribution in [2.75, 3.05) is 18.2 Å². The quantitative estimate of drug-likeness (QED) is 0.293. The monoisotopic (exact) mass is 488 g/mol. The van der Waals surface area contributed by atoms with Gasteiger partial charge in [0.25, 0.3) is 17.9 Å². The molecule has 12 heteroatoms. The average molecular weight is 488 g/mol. The number of rotatable bonds is 9. The second kappa shape index (κ2) is 10.7. The number of anilines is 2. The Morgan fingerprint density at radius 3 is 2.54 bits per heavy atom. The van der Waals surface area contributed by atoms with E-state index in [0.29, 0.717) is 11.1 Å². The summed E-state index contributed by atoms with van der Waals surface area (Å²) in [5.74, 6) is -1.10. The third-order valence-corrected chi connectivity index (χ3v) is 5.11. The Kier molecular flexibility index (Phi) is 7.74. The van der Waals surface area contributed by atoms with E-state index in [9.17, 15) is 22.8 Å². The molecule has 0 bridgehead atoms. The maximum Gasteiger partial charge on any atom is 0.288 e. The molecule has 1 aromatic heterocycles. The van der Waals surface area contributed by atoms with Gasteiger partial charge in [0, 0.05) is 12.1 Å². The number of aromatic amines is 1. The molecule has 0 aliphatic carbocycles. The van der Waals surface area contributed by atoms with Gasteiger partial charge >= 0.3 is 0 Å². The Balaban J connectivity index is 1.78. The largest absolute Gasteiger partial charge is 0.496 e. The number of carbonyl (C=O) groups is 1. The minimum absolute atomic E-state index is 0.0428. The number of halogens is 3. The molecule has 6 N–H and O–H groups in total. The summed E-state index contributed by atoms with van der Waals surface area (Å²) in [4.78, 5) is 24.7. The molecule has 0 saturated carbocycles. The summed E-state index contributed by atoms with van der Waals surface area (Å²) >= 11 is 0. The predicted molar refractivity (Wildman–Crippen MR) is 125 cm³/mol. The Bertz CT molecular complexity index is 1290. The van der Waals surface area contributed by atoms with Gasteiger partial charge in [0.2, 0.25) is 0 Å². The van der Waals surface area contributed by atoms with Gasteiger partial charge in [-0.05, 0) is 30.7 Å². The number of nitrogens with zero attached hydrogens (tertiary/aromatic N) is 1. The van der Waals surface area contributed by atoms with Crippen LogP contribution in [0, 0.1) is 11.2 Å². The lowest BCUT2D eigenvalue weighted by Gasteiger charge is -2.18. The predicted octanol–water partition coefficient (Wildman–Crippen LogP) is 2.91. The van der Waals surface area contributed by atoms with Gasteiger partial charge in [-0.25, -0.2) is 18.3 Å². The van der Waals surface area contributed by atoms with Gasteiger partial charge in [-0.2, -0.15) is 5.10 Å². The highest BCUT2D eigenvalue weighted by atomic mass is 19.3. The maximum absolute atomic E-state index is 13.5. The number of amides is 1. The second-order valence-corrected chi connectivity index (χ2v) is 7.55. The van der Waals surface area contributed by atoms with Crippen molar-refractivity contribution in [3.63, 3.8) is 0 Å². The van der Waals surface area contributed by atoms with E-state index in [4.69, 9.17) is 15.9 Å². The Morgan fingerprint density at radius 1 is 1.23 bits per heavy atom. The summed E-state index contributed by atoms with van der Waals surface area (Å²) in [6, 6.07) is 8.58. The number of hydrogen-bond acceptors (Lipinski definition) is 7. The van der Waals surface area contributed by atoms with Crippen LogP contribution in [0.2, 0.25) is 0 Å². The molecule has 2 aromatic carbocycles. The highest BCUT2D eigenvalue weighted by Gasteiger charge is 2.23. The lowest BCUT2D eigenvalue weighted by molar-refractivity contribution is 0.0947. The SMILES string of the molecule is COc1ccc(F)cc1C(=O)NCc1ccc(C(=N)c2c(N)n[nH]c(=O)c2NC(C)C(F)F)cc1. The van der Waals surface area contributed by atoms with Crippen LogP contribution in [0.4, 0.5) is 24.7 Å². The van der Waals surface area contributed by atoms with E-state index in [1.165, 1.54) is 26.2 Å². The molecular weight excluding hydrogens is 465 g/mol. The Labute approximate surface area is 198 Å². The topological polar surface area (TPSA) is 146 Å². The van der Waals surface area contributed by atoms with Crippen LogP contribution < -0.4 is 26.7 Å². The molecule has 9 nitrogen and oxygen atoms in total. The van der Waals surface area contributed by atoms with Gasteiger partial charge in [-0.15, -0.1) is 0 Å². The molecule has 1 amide bonds. The van der Waals surface area contributed by atoms with Crippen LogP contribution in [-0.4, -0.2) is 41.4 Å². The molecule has 0 spiro atoms. The minimum atomic E-state index is -2.76. The van der Waals surface area contributed by atoms with E-state index in [1.807, 2.05) is 0 Å². The van der Waals surface area contributed by atoms with Crippen LogP contribution in [-0.2, 0) is 6.54 Å². The fourth-order valence-corrected chi connectivity index (χ4v) is 3.21. The summed E-state index contributed by atoms with van der Waals surface area (Å²) in [5.41, 5.74) is 5.49. The van der Waals surface area contributed by atoms with Crippen molar-refractivity contribution in [2.45, 2.75) is 25.9 Å². The zero-order chi connectivity index (χ0) is 25.7. The number of carbonyl (C=O) groups excluding carboxylic acids is 1. The first-order chi connectivity index (χ1) is 16.6. The number of methoxy groups -OCH3 is 1. The molecule has 0 aliphatic rings. The fourth-order valence-electron chi connectivity index (χ4n) is 3.21. The zero-order valence-corrected chi connectivity index (χ0v) is 18.8. The third kappa shape index (κ3) is 5.78. The number of nitrogens with two attached hydrogens (primary N) is 1. The third-order valence-electron chi connectivity index (χ3n) is 5.11. The number of hydrogen-bond donors (Lipinski definition) is 5. The summed E-state index contributed by atoms with van der Waals surface area (Å²) < 4.78 is 44.6. The normalized spacial score (nSPS) is 11.7. The molecule has 0 radical (unpaired) electrons. The number of nitrogen functional groups attached to an aromatic ring is 1. The molecule has 35 heavy (non-hydrogen) atoms. The number of aromatic nitrogens is 2. The molecule has 3 aromatic rings. The van der Waals surface area contributed by atoms with Crippen molar-refractivity contribution in [1.29, 1.82) is 5.41 Å². The number of ether oxygens (including phenoxy) is 1. The van der Waals surface area contributed by atoms with Gasteiger partial charge in [0.05, 0.1) is 30.0 Å². The van der Waals surface area contributed by atoms with Crippen LogP contribution >= 0.6 is 0 Å². The first-order valence-corrected chi connectivity index (χ1v) is 10.3.